The molecular formula is C43H46Cl3N7O3. The Hall–Kier alpha value is -5.23. The van der Waals surface area contributed by atoms with E-state index in [1.165, 1.54) is 7.11 Å². The molecule has 56 heavy (non-hydrogen) atoms. The molecule has 2 fully saturated rings. The van der Waals surface area contributed by atoms with Gasteiger partial charge in [0.25, 0.3) is 0 Å². The van der Waals surface area contributed by atoms with Gasteiger partial charge >= 0.3 is 6.09 Å². The fraction of sp³-hybridized carbons (Fsp3) is 0.302. The van der Waals surface area contributed by atoms with Crippen LogP contribution in [0.3, 0.4) is 0 Å². The molecule has 4 heterocycles. The van der Waals surface area contributed by atoms with Gasteiger partial charge in [0.05, 0.1) is 37.3 Å². The Kier molecular flexibility index (Phi) is 15.6. The predicted octanol–water partition coefficient (Wildman–Crippen LogP) is 8.27. The predicted molar refractivity (Wildman–Crippen MR) is 227 cm³/mol. The summed E-state index contributed by atoms with van der Waals surface area (Å²) in [7, 11) is 1.30. The third-order valence-corrected chi connectivity index (χ3v) is 9.91. The van der Waals surface area contributed by atoms with Gasteiger partial charge < -0.3 is 30.2 Å². The number of aromatic amines is 2. The van der Waals surface area contributed by atoms with E-state index in [9.17, 15) is 9.59 Å². The molecule has 5 aromatic rings. The van der Waals surface area contributed by atoms with E-state index in [0.29, 0.717) is 12.4 Å². The van der Waals surface area contributed by atoms with Crippen molar-refractivity contribution in [2.24, 2.45) is 5.92 Å². The summed E-state index contributed by atoms with van der Waals surface area (Å²) in [5.74, 6) is 13.8. The lowest BCUT2D eigenvalue weighted by Crippen LogP contribution is -2.51. The van der Waals surface area contributed by atoms with E-state index in [1.807, 2.05) is 55.3 Å². The van der Waals surface area contributed by atoms with Crippen molar-refractivity contribution in [3.05, 3.63) is 108 Å². The molecule has 0 spiro atoms. The average molecular weight is 815 g/mol. The second-order valence-electron chi connectivity index (χ2n) is 13.8. The van der Waals surface area contributed by atoms with E-state index >= 15 is 0 Å². The number of nitrogens with one attached hydrogen (secondary N) is 4. The van der Waals surface area contributed by atoms with Crippen molar-refractivity contribution < 1.29 is 14.3 Å². The Morgan fingerprint density at radius 2 is 1.52 bits per heavy atom. The summed E-state index contributed by atoms with van der Waals surface area (Å²) in [5.41, 5.74) is 7.64. The second kappa shape index (κ2) is 20.1. The quantitative estimate of drug-likeness (QED) is 0.117. The SMILES string of the molecule is COC(=O)N[C@H](C(=O)N1CCC[C@H]1c1ncc(-c2ccc(C#CC#Cc3cnc([C@@H]4CCCN4)[nH]3)c(-c3ccc(-c4ccccc4)cc3)c2)[nH]1)C(C)C.Cl.Cl.Cl. The number of carbonyl (C=O) groups excluding carboxylic acids is 2. The number of imidazole rings is 2. The zero-order chi connectivity index (χ0) is 36.7. The van der Waals surface area contributed by atoms with Gasteiger partial charge in [0.15, 0.2) is 0 Å². The minimum atomic E-state index is -0.696. The number of amides is 2. The first-order valence-corrected chi connectivity index (χ1v) is 18.2. The molecule has 0 radical (unpaired) electrons. The molecule has 2 aliphatic heterocycles. The molecule has 10 nitrogen and oxygen atoms in total. The van der Waals surface area contributed by atoms with E-state index in [4.69, 9.17) is 9.72 Å². The summed E-state index contributed by atoms with van der Waals surface area (Å²) >= 11 is 0. The molecule has 0 bridgehead atoms. The highest BCUT2D eigenvalue weighted by molar-refractivity contribution is 5.87. The van der Waals surface area contributed by atoms with E-state index in [0.717, 1.165) is 82.8 Å². The lowest BCUT2D eigenvalue weighted by atomic mass is 9.95. The van der Waals surface area contributed by atoms with Gasteiger partial charge in [0.1, 0.15) is 23.4 Å². The normalized spacial score (nSPS) is 16.2. The average Bonchev–Trinajstić information content (AvgIpc) is 4.03. The number of hydrogen-bond donors (Lipinski definition) is 4. The molecule has 7 rings (SSSR count). The molecule has 13 heteroatoms. The molecule has 4 N–H and O–H groups in total. The molecule has 3 atom stereocenters. The van der Waals surface area contributed by atoms with E-state index in [-0.39, 0.29) is 61.1 Å². The number of carbonyl (C=O) groups is 2. The van der Waals surface area contributed by atoms with Gasteiger partial charge in [0, 0.05) is 17.7 Å². The molecule has 292 valence electrons. The highest BCUT2D eigenvalue weighted by Crippen LogP contribution is 2.35. The fourth-order valence-electron chi connectivity index (χ4n) is 7.07. The Balaban J connectivity index is 0.00000232. The second-order valence-corrected chi connectivity index (χ2v) is 13.8. The number of H-pyrrole nitrogens is 2. The summed E-state index contributed by atoms with van der Waals surface area (Å²) in [6.07, 6.45) is 6.78. The number of methoxy groups -OCH3 is 1. The molecule has 2 saturated heterocycles. The summed E-state index contributed by atoms with van der Waals surface area (Å²) in [6.45, 7) is 5.41. The van der Waals surface area contributed by atoms with E-state index in [1.54, 1.807) is 6.20 Å². The van der Waals surface area contributed by atoms with Crippen molar-refractivity contribution in [2.75, 3.05) is 20.2 Å². The molecular weight excluding hydrogens is 769 g/mol. The van der Waals surface area contributed by atoms with Crippen LogP contribution in [0.2, 0.25) is 0 Å². The fourth-order valence-corrected chi connectivity index (χ4v) is 7.07. The van der Waals surface area contributed by atoms with Crippen LogP contribution in [-0.2, 0) is 9.53 Å². The first kappa shape index (κ1) is 43.5. The van der Waals surface area contributed by atoms with Crippen LogP contribution < -0.4 is 10.6 Å². The zero-order valence-electron chi connectivity index (χ0n) is 31.4. The summed E-state index contributed by atoms with van der Waals surface area (Å²) in [5, 5.41) is 6.17. The molecule has 2 amide bonds. The third kappa shape index (κ3) is 9.95. The van der Waals surface area contributed by atoms with Crippen molar-refractivity contribution in [1.82, 2.24) is 35.5 Å². The Morgan fingerprint density at radius 1 is 0.821 bits per heavy atom. The lowest BCUT2D eigenvalue weighted by molar-refractivity contribution is -0.135. The van der Waals surface area contributed by atoms with Crippen molar-refractivity contribution in [2.45, 2.75) is 57.7 Å². The van der Waals surface area contributed by atoms with E-state index in [2.05, 4.69) is 91.7 Å². The monoisotopic (exact) mass is 813 g/mol. The Bertz CT molecular complexity index is 2210. The summed E-state index contributed by atoms with van der Waals surface area (Å²) < 4.78 is 4.79. The molecule has 3 aromatic carbocycles. The Morgan fingerprint density at radius 3 is 2.23 bits per heavy atom. The topological polar surface area (TPSA) is 128 Å². The first-order chi connectivity index (χ1) is 25.9. The van der Waals surface area contributed by atoms with Crippen LogP contribution in [0.1, 0.15) is 74.5 Å². The smallest absolute Gasteiger partial charge is 0.407 e. The summed E-state index contributed by atoms with van der Waals surface area (Å²) in [6, 6.07) is 24.3. The zero-order valence-corrected chi connectivity index (χ0v) is 33.9. The number of likely N-dealkylation sites (tertiary alicyclic amines) is 1. The van der Waals surface area contributed by atoms with E-state index < -0.39 is 12.1 Å². The van der Waals surface area contributed by atoms with Crippen LogP contribution in [0, 0.1) is 29.6 Å². The number of halogens is 3. The van der Waals surface area contributed by atoms with Crippen molar-refractivity contribution in [3.63, 3.8) is 0 Å². The van der Waals surface area contributed by atoms with Gasteiger partial charge in [-0.2, -0.15) is 0 Å². The molecule has 2 aliphatic rings. The van der Waals surface area contributed by atoms with Gasteiger partial charge in [-0.05, 0) is 90.3 Å². The number of aromatic nitrogens is 4. The van der Waals surface area contributed by atoms with Gasteiger partial charge in [-0.3, -0.25) is 4.79 Å². The highest BCUT2D eigenvalue weighted by atomic mass is 35.5. The Labute approximate surface area is 346 Å². The number of ether oxygens (including phenoxy) is 1. The van der Waals surface area contributed by atoms with Crippen molar-refractivity contribution in [1.29, 1.82) is 0 Å². The number of nitrogens with zero attached hydrogens (tertiary/aromatic N) is 3. The maximum atomic E-state index is 13.7. The van der Waals surface area contributed by atoms with Gasteiger partial charge in [0.2, 0.25) is 5.91 Å². The van der Waals surface area contributed by atoms with Crippen molar-refractivity contribution >= 4 is 49.2 Å². The minimum absolute atomic E-state index is 0. The van der Waals surface area contributed by atoms with Gasteiger partial charge in [-0.15, -0.1) is 37.2 Å². The number of rotatable bonds is 8. The lowest BCUT2D eigenvalue weighted by Gasteiger charge is -2.30. The van der Waals surface area contributed by atoms with Gasteiger partial charge in [-0.25, -0.2) is 14.8 Å². The van der Waals surface area contributed by atoms with Crippen LogP contribution in [-0.4, -0.2) is 63.1 Å². The molecule has 0 aliphatic carbocycles. The van der Waals surface area contributed by atoms with Crippen LogP contribution >= 0.6 is 37.2 Å². The first-order valence-electron chi connectivity index (χ1n) is 18.2. The number of hydrogen-bond acceptors (Lipinski definition) is 6. The van der Waals surface area contributed by atoms with Crippen molar-refractivity contribution in [3.8, 4) is 57.2 Å². The molecule has 2 aromatic heterocycles. The highest BCUT2D eigenvalue weighted by Gasteiger charge is 2.37. The maximum Gasteiger partial charge on any atom is 0.407 e. The molecule has 0 saturated carbocycles. The number of alkyl carbamates (subject to hydrolysis) is 1. The standard InChI is InChI=1S/C43H43N7O3.3ClH/c1-28(2)39(49-43(52)53-3)42(51)50-24-10-16-38(50)41-46-27-37(48-41)33-22-21-31(13-7-8-14-34-26-45-40(47-34)36-15-9-23-44-36)35(25-33)32-19-17-30(18-20-32)29-11-5-4-6-12-29;;;/h4-6,11-12,17-22,25-28,36,38-39,44H,9-10,15-16,23-24H2,1-3H3,(H,45,47)(H,46,48)(H,49,52);3*1H/t36-,38-,39-;;;/m0.../s1. The largest absolute Gasteiger partial charge is 0.453 e. The third-order valence-electron chi connectivity index (χ3n) is 9.91. The molecule has 0 unspecified atom stereocenters. The van der Waals surface area contributed by atoms with Crippen LogP contribution in [0.15, 0.2) is 85.2 Å². The minimum Gasteiger partial charge on any atom is -0.453 e. The van der Waals surface area contributed by atoms with Crippen LogP contribution in [0.4, 0.5) is 4.79 Å². The number of benzene rings is 3. The maximum absolute atomic E-state index is 13.7. The summed E-state index contributed by atoms with van der Waals surface area (Å²) in [4.78, 5) is 43.6. The van der Waals surface area contributed by atoms with Gasteiger partial charge in [-0.1, -0.05) is 80.4 Å². The van der Waals surface area contributed by atoms with Crippen LogP contribution in [0.25, 0.3) is 33.5 Å². The van der Waals surface area contributed by atoms with Crippen LogP contribution in [0.5, 0.6) is 0 Å².